The van der Waals surface area contributed by atoms with E-state index >= 15 is 0 Å². The van der Waals surface area contributed by atoms with Gasteiger partial charge in [0.05, 0.1) is 24.6 Å². The number of carbonyl (C=O) groups is 5. The summed E-state index contributed by atoms with van der Waals surface area (Å²) in [5, 5.41) is 39.0. The molecule has 44 heavy (non-hydrogen) atoms. The van der Waals surface area contributed by atoms with Crippen molar-refractivity contribution < 1.29 is 29.1 Å². The molecule has 19 nitrogen and oxygen atoms in total. The van der Waals surface area contributed by atoms with E-state index in [1.807, 2.05) is 0 Å². The number of nitrogens with two attached hydrogens (primary N) is 3. The van der Waals surface area contributed by atoms with E-state index in [2.05, 4.69) is 41.9 Å². The van der Waals surface area contributed by atoms with Crippen LogP contribution < -0.4 is 49.1 Å². The summed E-state index contributed by atoms with van der Waals surface area (Å²) in [7, 11) is 0. The summed E-state index contributed by atoms with van der Waals surface area (Å²) < 4.78 is 0. The van der Waals surface area contributed by atoms with Crippen LogP contribution in [0.15, 0.2) is 12.5 Å². The number of carboxylic acid groups (broad SMARTS) is 1. The minimum absolute atomic E-state index is 0.0812. The molecule has 0 aliphatic heterocycles. The zero-order valence-corrected chi connectivity index (χ0v) is 24.9. The lowest BCUT2D eigenvalue weighted by molar-refractivity contribution is -0.141. The van der Waals surface area contributed by atoms with Crippen molar-refractivity contribution in [3.63, 3.8) is 0 Å². The summed E-state index contributed by atoms with van der Waals surface area (Å²) in [4.78, 5) is 69.6. The van der Waals surface area contributed by atoms with Gasteiger partial charge in [0, 0.05) is 25.7 Å². The maximum absolute atomic E-state index is 13.2. The number of carboxylic acids is 1. The molecular weight excluding hydrogens is 578 g/mol. The van der Waals surface area contributed by atoms with Crippen molar-refractivity contribution in [2.75, 3.05) is 19.6 Å². The molecule has 0 spiro atoms. The molecule has 16 N–H and O–H groups in total. The number of guanidine groups is 2. The number of imidazole rings is 1. The SMILES string of the molecule is CC(C)C(NC(=O)[C@@H](N)CCCNC(=N)N)C(=O)N[C@@H](CCCNC(=N)N)C(=O)NCC(=O)N[C@@H](Cc1c[nH]cn1)C(=O)O. The van der Waals surface area contributed by atoms with Gasteiger partial charge in [0.2, 0.25) is 23.6 Å². The van der Waals surface area contributed by atoms with Gasteiger partial charge in [0.25, 0.3) is 0 Å². The molecule has 0 saturated carbocycles. The van der Waals surface area contributed by atoms with Gasteiger partial charge >= 0.3 is 5.97 Å². The van der Waals surface area contributed by atoms with Gasteiger partial charge < -0.3 is 59.2 Å². The third-order valence-corrected chi connectivity index (χ3v) is 6.23. The molecule has 1 aromatic heterocycles. The highest BCUT2D eigenvalue weighted by Gasteiger charge is 2.30. The molecule has 4 amide bonds. The van der Waals surface area contributed by atoms with E-state index in [9.17, 15) is 29.1 Å². The van der Waals surface area contributed by atoms with Gasteiger partial charge in [-0.3, -0.25) is 30.0 Å². The topological polar surface area (TPSA) is 332 Å². The number of aliphatic carboxylic acids is 1. The van der Waals surface area contributed by atoms with E-state index < -0.39 is 60.3 Å². The number of hydrogen-bond donors (Lipinski definition) is 13. The quantitative estimate of drug-likeness (QED) is 0.0377. The van der Waals surface area contributed by atoms with Crippen LogP contribution in [-0.2, 0) is 30.4 Å². The molecule has 0 aliphatic carbocycles. The first-order valence-electron chi connectivity index (χ1n) is 14.0. The Morgan fingerprint density at radius 1 is 0.886 bits per heavy atom. The third kappa shape index (κ3) is 14.8. The second-order valence-corrected chi connectivity index (χ2v) is 10.3. The number of nitrogens with zero attached hydrogens (tertiary/aromatic N) is 1. The standard InChI is InChI=1S/C25H45N13O6/c1-13(2)19(38-20(40)15(26)5-3-7-32-24(27)28)22(42)37-16(6-4-8-33-25(29)30)21(41)34-11-18(39)36-17(23(43)44)9-14-10-31-12-35-14/h10,12-13,15-17,19H,3-9,11,26H2,1-2H3,(H,31,35)(H,34,41)(H,36,39)(H,37,42)(H,38,40)(H,43,44)(H4,27,28,32)(H4,29,30,33)/t15-,16-,17-,19?/m0/s1. The van der Waals surface area contributed by atoms with Crippen LogP contribution in [-0.4, -0.2) is 100 Å². The van der Waals surface area contributed by atoms with Crippen molar-refractivity contribution in [2.24, 2.45) is 23.1 Å². The summed E-state index contributed by atoms with van der Waals surface area (Å²) in [5.74, 6) is -4.88. The first-order valence-corrected chi connectivity index (χ1v) is 14.0. The number of nitrogens with one attached hydrogen (secondary N) is 9. The molecule has 19 heteroatoms. The lowest BCUT2D eigenvalue weighted by Crippen LogP contribution is -2.58. The van der Waals surface area contributed by atoms with E-state index in [0.29, 0.717) is 25.1 Å². The zero-order valence-electron chi connectivity index (χ0n) is 24.9. The fourth-order valence-corrected chi connectivity index (χ4v) is 3.88. The molecular formula is C25H45N13O6. The number of H-pyrrole nitrogens is 1. The van der Waals surface area contributed by atoms with Crippen molar-refractivity contribution in [3.8, 4) is 0 Å². The van der Waals surface area contributed by atoms with Crippen LogP contribution in [0.3, 0.4) is 0 Å². The van der Waals surface area contributed by atoms with Crippen LogP contribution >= 0.6 is 0 Å². The minimum atomic E-state index is -1.29. The first-order chi connectivity index (χ1) is 20.7. The van der Waals surface area contributed by atoms with Gasteiger partial charge in [-0.15, -0.1) is 0 Å². The third-order valence-electron chi connectivity index (χ3n) is 6.23. The Morgan fingerprint density at radius 3 is 2.02 bits per heavy atom. The maximum Gasteiger partial charge on any atom is 0.326 e. The van der Waals surface area contributed by atoms with Gasteiger partial charge in [-0.25, -0.2) is 9.78 Å². The van der Waals surface area contributed by atoms with Crippen molar-refractivity contribution in [1.82, 2.24) is 41.9 Å². The predicted octanol–water partition coefficient (Wildman–Crippen LogP) is -3.88. The Balaban J connectivity index is 2.84. The Hall–Kier alpha value is -4.94. The van der Waals surface area contributed by atoms with Crippen molar-refractivity contribution in [1.29, 1.82) is 10.8 Å². The normalized spacial score (nSPS) is 13.5. The Morgan fingerprint density at radius 2 is 1.50 bits per heavy atom. The van der Waals surface area contributed by atoms with Gasteiger partial charge in [0.15, 0.2) is 11.9 Å². The number of hydrogen-bond acceptors (Lipinski definition) is 9. The van der Waals surface area contributed by atoms with Crippen molar-refractivity contribution in [2.45, 2.75) is 70.1 Å². The number of rotatable bonds is 20. The Kier molecular flexibility index (Phi) is 16.3. The van der Waals surface area contributed by atoms with E-state index in [1.165, 1.54) is 12.5 Å². The molecule has 1 rings (SSSR count). The Labute approximate surface area is 254 Å². The van der Waals surface area contributed by atoms with Crippen molar-refractivity contribution in [3.05, 3.63) is 18.2 Å². The monoisotopic (exact) mass is 623 g/mol. The first kappa shape index (κ1) is 37.1. The molecule has 0 aromatic carbocycles. The van der Waals surface area contributed by atoms with Crippen LogP contribution in [0, 0.1) is 16.7 Å². The van der Waals surface area contributed by atoms with E-state index in [0.717, 1.165) is 0 Å². The van der Waals surface area contributed by atoms with E-state index in [1.54, 1.807) is 13.8 Å². The van der Waals surface area contributed by atoms with Crippen LogP contribution in [0.25, 0.3) is 0 Å². The Bertz CT molecular complexity index is 1130. The lowest BCUT2D eigenvalue weighted by Gasteiger charge is -2.26. The second kappa shape index (κ2) is 19.3. The molecule has 246 valence electrons. The summed E-state index contributed by atoms with van der Waals surface area (Å²) in [6.07, 6.45) is 3.88. The molecule has 0 bridgehead atoms. The average molecular weight is 624 g/mol. The largest absolute Gasteiger partial charge is 0.480 e. The molecule has 4 atom stereocenters. The van der Waals surface area contributed by atoms with Gasteiger partial charge in [-0.2, -0.15) is 0 Å². The molecule has 0 radical (unpaired) electrons. The van der Waals surface area contributed by atoms with Gasteiger partial charge in [0.1, 0.15) is 18.1 Å². The number of aromatic nitrogens is 2. The number of amides is 4. The zero-order chi connectivity index (χ0) is 33.2. The summed E-state index contributed by atoms with van der Waals surface area (Å²) in [6, 6.07) is -4.41. The number of aromatic amines is 1. The minimum Gasteiger partial charge on any atom is -0.480 e. The van der Waals surface area contributed by atoms with E-state index in [-0.39, 0.29) is 43.6 Å². The maximum atomic E-state index is 13.2. The van der Waals surface area contributed by atoms with Crippen LogP contribution in [0.2, 0.25) is 0 Å². The highest BCUT2D eigenvalue weighted by Crippen LogP contribution is 2.06. The highest BCUT2D eigenvalue weighted by atomic mass is 16.4. The summed E-state index contributed by atoms with van der Waals surface area (Å²) in [6.45, 7) is 3.40. The van der Waals surface area contributed by atoms with Crippen LogP contribution in [0.4, 0.5) is 0 Å². The molecule has 0 saturated heterocycles. The second-order valence-electron chi connectivity index (χ2n) is 10.3. The van der Waals surface area contributed by atoms with Gasteiger partial charge in [-0.1, -0.05) is 13.8 Å². The smallest absolute Gasteiger partial charge is 0.326 e. The van der Waals surface area contributed by atoms with Crippen LogP contribution in [0.1, 0.15) is 45.2 Å². The fraction of sp³-hybridized carbons (Fsp3) is 0.600. The van der Waals surface area contributed by atoms with Gasteiger partial charge in [-0.05, 0) is 31.6 Å². The molecule has 0 aliphatic rings. The molecule has 0 fully saturated rings. The summed E-state index contributed by atoms with van der Waals surface area (Å²) >= 11 is 0. The predicted molar refractivity (Wildman–Crippen MR) is 160 cm³/mol. The van der Waals surface area contributed by atoms with Crippen molar-refractivity contribution >= 4 is 41.5 Å². The lowest BCUT2D eigenvalue weighted by atomic mass is 10.0. The molecule has 1 heterocycles. The van der Waals surface area contributed by atoms with E-state index in [4.69, 9.17) is 28.0 Å². The molecule has 1 unspecified atom stereocenters. The molecule has 1 aromatic rings. The van der Waals surface area contributed by atoms with Crippen LogP contribution in [0.5, 0.6) is 0 Å². The number of carbonyl (C=O) groups excluding carboxylic acids is 4. The average Bonchev–Trinajstić information content (AvgIpc) is 3.46. The highest BCUT2D eigenvalue weighted by molar-refractivity contribution is 5.94. The fourth-order valence-electron chi connectivity index (χ4n) is 3.88. The summed E-state index contributed by atoms with van der Waals surface area (Å²) in [5.41, 5.74) is 16.9.